The van der Waals surface area contributed by atoms with Crippen LogP contribution in [0.25, 0.3) is 0 Å². The van der Waals surface area contributed by atoms with Crippen LogP contribution in [0.5, 0.6) is 0 Å². The van der Waals surface area contributed by atoms with Crippen molar-refractivity contribution in [3.05, 3.63) is 22.5 Å². The largest absolute Gasteiger partial charge is 0.462 e. The molecule has 5 heteroatoms. The molecule has 0 radical (unpaired) electrons. The minimum absolute atomic E-state index is 0.0154. The number of H-pyrrole nitrogens is 1. The number of amides is 1. The Kier molecular flexibility index (Phi) is 4.70. The van der Waals surface area contributed by atoms with Gasteiger partial charge >= 0.3 is 5.97 Å². The van der Waals surface area contributed by atoms with Gasteiger partial charge in [-0.3, -0.25) is 4.79 Å². The van der Waals surface area contributed by atoms with E-state index in [1.807, 2.05) is 4.90 Å². The molecule has 1 aromatic rings. The monoisotopic (exact) mass is 292 g/mol. The number of likely N-dealkylation sites (tertiary alicyclic amines) is 1. The first-order valence-corrected chi connectivity index (χ1v) is 7.64. The van der Waals surface area contributed by atoms with E-state index < -0.39 is 0 Å². The predicted octanol–water partition coefficient (Wildman–Crippen LogP) is 2.82. The lowest BCUT2D eigenvalue weighted by Crippen LogP contribution is -2.42. The molecule has 2 heterocycles. The molecule has 0 aliphatic carbocycles. The number of carbonyl (C=O) groups is 2. The summed E-state index contributed by atoms with van der Waals surface area (Å²) >= 11 is 0. The average molecular weight is 292 g/mol. The predicted molar refractivity (Wildman–Crippen MR) is 80.6 cm³/mol. The molecule has 116 valence electrons. The molecular formula is C16H24N2O3. The van der Waals surface area contributed by atoms with Crippen LogP contribution < -0.4 is 0 Å². The van der Waals surface area contributed by atoms with Gasteiger partial charge in [-0.15, -0.1) is 0 Å². The first-order valence-electron chi connectivity index (χ1n) is 7.64. The summed E-state index contributed by atoms with van der Waals surface area (Å²) in [6, 6.07) is 0.250. The lowest BCUT2D eigenvalue weighted by atomic mass is 10.0. The van der Waals surface area contributed by atoms with Gasteiger partial charge in [0.05, 0.1) is 12.2 Å². The van der Waals surface area contributed by atoms with Crippen molar-refractivity contribution in [3.8, 4) is 0 Å². The van der Waals surface area contributed by atoms with Crippen LogP contribution in [0.4, 0.5) is 0 Å². The lowest BCUT2D eigenvalue weighted by Gasteiger charge is -2.33. The van der Waals surface area contributed by atoms with Crippen molar-refractivity contribution in [3.63, 3.8) is 0 Å². The van der Waals surface area contributed by atoms with Gasteiger partial charge in [-0.05, 0) is 52.5 Å². The summed E-state index contributed by atoms with van der Waals surface area (Å²) in [6.07, 6.45) is 3.25. The quantitative estimate of drug-likeness (QED) is 0.871. The van der Waals surface area contributed by atoms with Gasteiger partial charge in [-0.25, -0.2) is 4.79 Å². The Balaban J connectivity index is 2.30. The smallest absolute Gasteiger partial charge is 0.340 e. The van der Waals surface area contributed by atoms with E-state index in [1.165, 1.54) is 6.42 Å². The summed E-state index contributed by atoms with van der Waals surface area (Å²) in [5.41, 5.74) is 2.39. The van der Waals surface area contributed by atoms with Gasteiger partial charge in [0.1, 0.15) is 5.69 Å². The van der Waals surface area contributed by atoms with Gasteiger partial charge in [0, 0.05) is 18.3 Å². The van der Waals surface area contributed by atoms with Gasteiger partial charge in [0.25, 0.3) is 5.91 Å². The van der Waals surface area contributed by atoms with Crippen molar-refractivity contribution in [1.82, 2.24) is 9.88 Å². The molecule has 0 saturated carbocycles. The van der Waals surface area contributed by atoms with Crippen LogP contribution in [0.2, 0.25) is 0 Å². The minimum Gasteiger partial charge on any atom is -0.462 e. The summed E-state index contributed by atoms with van der Waals surface area (Å²) < 4.78 is 5.07. The van der Waals surface area contributed by atoms with Crippen molar-refractivity contribution in [1.29, 1.82) is 0 Å². The second kappa shape index (κ2) is 6.33. The number of hydrogen-bond acceptors (Lipinski definition) is 3. The fraction of sp³-hybridized carbons (Fsp3) is 0.625. The van der Waals surface area contributed by atoms with Crippen molar-refractivity contribution < 1.29 is 14.3 Å². The molecule has 0 bridgehead atoms. The van der Waals surface area contributed by atoms with Gasteiger partial charge in [0.15, 0.2) is 0 Å². The maximum Gasteiger partial charge on any atom is 0.340 e. The van der Waals surface area contributed by atoms with Gasteiger partial charge in [0.2, 0.25) is 0 Å². The maximum atomic E-state index is 12.7. The van der Waals surface area contributed by atoms with Gasteiger partial charge < -0.3 is 14.6 Å². The molecule has 21 heavy (non-hydrogen) atoms. The summed E-state index contributed by atoms with van der Waals surface area (Å²) in [7, 11) is 0. The molecule has 2 rings (SSSR count). The van der Waals surface area contributed by atoms with Crippen LogP contribution in [0.3, 0.4) is 0 Å². The minimum atomic E-state index is -0.366. The van der Waals surface area contributed by atoms with E-state index in [2.05, 4.69) is 11.9 Å². The second-order valence-corrected chi connectivity index (χ2v) is 5.69. The standard InChI is InChI=1S/C16H24N2O3/c1-5-21-16(20)13-11(3)14(17-12(13)4)15(19)18-9-7-6-8-10(18)2/h10,17H,5-9H2,1-4H3/t10-/m0/s1. The fourth-order valence-corrected chi connectivity index (χ4v) is 3.02. The molecule has 1 aromatic heterocycles. The van der Waals surface area contributed by atoms with Crippen LogP contribution >= 0.6 is 0 Å². The number of piperidine rings is 1. The topological polar surface area (TPSA) is 62.4 Å². The molecule has 1 aliphatic heterocycles. The first-order chi connectivity index (χ1) is 9.97. The molecule has 5 nitrogen and oxygen atoms in total. The van der Waals surface area contributed by atoms with E-state index in [0.29, 0.717) is 29.1 Å². The van der Waals surface area contributed by atoms with Crippen LogP contribution in [-0.2, 0) is 4.74 Å². The van der Waals surface area contributed by atoms with E-state index in [0.717, 1.165) is 19.4 Å². The molecule has 1 aliphatic rings. The van der Waals surface area contributed by atoms with Crippen molar-refractivity contribution >= 4 is 11.9 Å². The Morgan fingerprint density at radius 2 is 2.05 bits per heavy atom. The Morgan fingerprint density at radius 3 is 2.67 bits per heavy atom. The number of rotatable bonds is 3. The number of hydrogen-bond donors (Lipinski definition) is 1. The van der Waals surface area contributed by atoms with E-state index in [9.17, 15) is 9.59 Å². The Hall–Kier alpha value is -1.78. The highest BCUT2D eigenvalue weighted by molar-refractivity contribution is 6.00. The first kappa shape index (κ1) is 15.6. The highest BCUT2D eigenvalue weighted by atomic mass is 16.5. The van der Waals surface area contributed by atoms with E-state index in [1.54, 1.807) is 20.8 Å². The molecular weight excluding hydrogens is 268 g/mol. The fourth-order valence-electron chi connectivity index (χ4n) is 3.02. The number of aromatic nitrogens is 1. The van der Waals surface area contributed by atoms with Crippen molar-refractivity contribution in [2.75, 3.05) is 13.2 Å². The highest BCUT2D eigenvalue weighted by Gasteiger charge is 2.29. The molecule has 1 saturated heterocycles. The number of aryl methyl sites for hydroxylation is 1. The molecule has 1 amide bonds. The van der Waals surface area contributed by atoms with Crippen molar-refractivity contribution in [2.45, 2.75) is 53.0 Å². The number of nitrogens with one attached hydrogen (secondary N) is 1. The number of aromatic amines is 1. The average Bonchev–Trinajstić information content (AvgIpc) is 2.74. The second-order valence-electron chi connectivity index (χ2n) is 5.69. The number of carbonyl (C=O) groups excluding carboxylic acids is 2. The number of esters is 1. The summed E-state index contributed by atoms with van der Waals surface area (Å²) in [5, 5.41) is 0. The third-order valence-electron chi connectivity index (χ3n) is 4.19. The SMILES string of the molecule is CCOC(=O)c1c(C)[nH]c(C(=O)N2CCCC[C@@H]2C)c1C. The van der Waals surface area contributed by atoms with E-state index >= 15 is 0 Å². The molecule has 0 unspecified atom stereocenters. The van der Waals surface area contributed by atoms with Crippen LogP contribution in [-0.4, -0.2) is 41.0 Å². The summed E-state index contributed by atoms with van der Waals surface area (Å²) in [4.78, 5) is 29.7. The maximum absolute atomic E-state index is 12.7. The van der Waals surface area contributed by atoms with Crippen LogP contribution in [0.15, 0.2) is 0 Å². The van der Waals surface area contributed by atoms with E-state index in [4.69, 9.17) is 4.74 Å². The molecule has 1 N–H and O–H groups in total. The van der Waals surface area contributed by atoms with Gasteiger partial charge in [-0.2, -0.15) is 0 Å². The third-order valence-corrected chi connectivity index (χ3v) is 4.19. The van der Waals surface area contributed by atoms with E-state index in [-0.39, 0.29) is 17.9 Å². The summed E-state index contributed by atoms with van der Waals surface area (Å²) in [6.45, 7) is 8.57. The molecule has 1 fully saturated rings. The molecule has 0 aromatic carbocycles. The molecule has 0 spiro atoms. The van der Waals surface area contributed by atoms with Gasteiger partial charge in [-0.1, -0.05) is 0 Å². The Morgan fingerprint density at radius 1 is 1.33 bits per heavy atom. The zero-order valence-electron chi connectivity index (χ0n) is 13.3. The van der Waals surface area contributed by atoms with Crippen LogP contribution in [0.1, 0.15) is 65.2 Å². The zero-order chi connectivity index (χ0) is 15.6. The Labute approximate surface area is 125 Å². The molecule has 1 atom stereocenters. The number of nitrogens with zero attached hydrogens (tertiary/aromatic N) is 1. The normalized spacial score (nSPS) is 18.7. The number of ether oxygens (including phenoxy) is 1. The van der Waals surface area contributed by atoms with Crippen LogP contribution in [0, 0.1) is 13.8 Å². The zero-order valence-corrected chi connectivity index (χ0v) is 13.3. The highest BCUT2D eigenvalue weighted by Crippen LogP contribution is 2.24. The Bertz CT molecular complexity index is 548. The van der Waals surface area contributed by atoms with Crippen molar-refractivity contribution in [2.24, 2.45) is 0 Å². The lowest BCUT2D eigenvalue weighted by molar-refractivity contribution is 0.0525. The summed E-state index contributed by atoms with van der Waals surface area (Å²) in [5.74, 6) is -0.382. The third kappa shape index (κ3) is 2.96.